The first-order valence-electron chi connectivity index (χ1n) is 13.1. The fourth-order valence-corrected chi connectivity index (χ4v) is 9.17. The van der Waals surface area contributed by atoms with Crippen molar-refractivity contribution in [3.8, 4) is 0 Å². The number of hydrogen-bond donors (Lipinski definition) is 3. The van der Waals surface area contributed by atoms with Gasteiger partial charge in [0.2, 0.25) is 0 Å². The van der Waals surface area contributed by atoms with Crippen molar-refractivity contribution in [3.63, 3.8) is 0 Å². The Morgan fingerprint density at radius 3 is 2.20 bits per heavy atom. The molecule has 4 fully saturated rings. The average molecular weight is 421 g/mol. The van der Waals surface area contributed by atoms with Crippen molar-refractivity contribution in [2.75, 3.05) is 0 Å². The number of rotatable bonds is 5. The molecule has 0 spiro atoms. The van der Waals surface area contributed by atoms with Gasteiger partial charge in [-0.15, -0.1) is 0 Å². The summed E-state index contributed by atoms with van der Waals surface area (Å²) in [6.45, 7) is 11.8. The summed E-state index contributed by atoms with van der Waals surface area (Å²) < 4.78 is 0. The number of aliphatic hydroxyl groups excluding tert-OH is 1. The molecule has 3 heteroatoms. The molecule has 30 heavy (non-hydrogen) atoms. The van der Waals surface area contributed by atoms with Gasteiger partial charge < -0.3 is 15.3 Å². The van der Waals surface area contributed by atoms with E-state index < -0.39 is 5.79 Å². The van der Waals surface area contributed by atoms with Gasteiger partial charge in [-0.05, 0) is 110 Å². The van der Waals surface area contributed by atoms with Gasteiger partial charge in [-0.2, -0.15) is 0 Å². The van der Waals surface area contributed by atoms with E-state index >= 15 is 0 Å². The van der Waals surface area contributed by atoms with E-state index in [0.717, 1.165) is 42.9 Å². The van der Waals surface area contributed by atoms with Gasteiger partial charge in [0, 0.05) is 12.8 Å². The van der Waals surface area contributed by atoms with E-state index in [1.807, 2.05) is 0 Å². The molecule has 4 aliphatic rings. The Morgan fingerprint density at radius 1 is 0.800 bits per heavy atom. The molecule has 0 aromatic heterocycles. The Kier molecular flexibility index (Phi) is 6.17. The van der Waals surface area contributed by atoms with E-state index in [1.54, 1.807) is 0 Å². The van der Waals surface area contributed by atoms with Crippen molar-refractivity contribution < 1.29 is 15.3 Å². The second-order valence-electron chi connectivity index (χ2n) is 12.9. The highest BCUT2D eigenvalue weighted by atomic mass is 16.5. The molecular formula is C27H48O3. The summed E-state index contributed by atoms with van der Waals surface area (Å²) in [4.78, 5) is 0. The van der Waals surface area contributed by atoms with E-state index in [0.29, 0.717) is 41.4 Å². The lowest BCUT2D eigenvalue weighted by atomic mass is 9.44. The van der Waals surface area contributed by atoms with E-state index in [4.69, 9.17) is 0 Å². The summed E-state index contributed by atoms with van der Waals surface area (Å²) in [5.74, 6) is 3.41. The van der Waals surface area contributed by atoms with E-state index in [-0.39, 0.29) is 6.10 Å². The van der Waals surface area contributed by atoms with Gasteiger partial charge in [0.15, 0.2) is 5.79 Å². The Morgan fingerprint density at radius 2 is 1.50 bits per heavy atom. The molecule has 0 aliphatic heterocycles. The third kappa shape index (κ3) is 3.79. The van der Waals surface area contributed by atoms with Crippen LogP contribution in [0, 0.1) is 52.3 Å². The van der Waals surface area contributed by atoms with E-state index in [9.17, 15) is 15.3 Å². The standard InChI is InChI=1S/C27H48O3/c1-17(2)24(28)11-6-18(3)21-9-10-22-20-8-7-19-16-27(29,30)15-14-25(19,4)23(20)12-13-26(21,22)5/h17-24,28-30H,6-16H2,1-5H3/t18-,19+,20+,21-,22+,23+,24-,25+,26-/m1/s1. The van der Waals surface area contributed by atoms with E-state index in [1.165, 1.54) is 38.5 Å². The van der Waals surface area contributed by atoms with Crippen molar-refractivity contribution in [1.29, 1.82) is 0 Å². The van der Waals surface area contributed by atoms with Crippen LogP contribution >= 0.6 is 0 Å². The minimum absolute atomic E-state index is 0.153. The Balaban J connectivity index is 1.46. The molecule has 0 unspecified atom stereocenters. The first-order chi connectivity index (χ1) is 14.0. The highest BCUT2D eigenvalue weighted by molar-refractivity contribution is 5.10. The molecule has 0 radical (unpaired) electrons. The summed E-state index contributed by atoms with van der Waals surface area (Å²) >= 11 is 0. The van der Waals surface area contributed by atoms with Gasteiger partial charge >= 0.3 is 0 Å². The minimum Gasteiger partial charge on any atom is -0.393 e. The number of fused-ring (bicyclic) bond motifs is 5. The molecule has 4 saturated carbocycles. The molecular weight excluding hydrogens is 372 g/mol. The van der Waals surface area contributed by atoms with Gasteiger partial charge in [-0.25, -0.2) is 0 Å². The maximum absolute atomic E-state index is 10.3. The molecule has 3 nitrogen and oxygen atoms in total. The largest absolute Gasteiger partial charge is 0.393 e. The van der Waals surface area contributed by atoms with E-state index in [2.05, 4.69) is 34.6 Å². The number of aliphatic hydroxyl groups is 3. The van der Waals surface area contributed by atoms with Crippen LogP contribution in [0.3, 0.4) is 0 Å². The van der Waals surface area contributed by atoms with Crippen LogP contribution in [-0.4, -0.2) is 27.2 Å². The predicted octanol–water partition coefficient (Wildman–Crippen LogP) is 5.76. The van der Waals surface area contributed by atoms with Crippen LogP contribution < -0.4 is 0 Å². The number of hydrogen-bond acceptors (Lipinski definition) is 3. The van der Waals surface area contributed by atoms with Crippen LogP contribution in [0.1, 0.15) is 105 Å². The predicted molar refractivity (Wildman–Crippen MR) is 122 cm³/mol. The van der Waals surface area contributed by atoms with Gasteiger partial charge in [0.25, 0.3) is 0 Å². The second kappa shape index (κ2) is 8.03. The zero-order chi connectivity index (χ0) is 21.9. The summed E-state index contributed by atoms with van der Waals surface area (Å²) in [7, 11) is 0. The van der Waals surface area contributed by atoms with Crippen LogP contribution in [-0.2, 0) is 0 Å². The molecule has 4 aliphatic carbocycles. The lowest BCUT2D eigenvalue weighted by molar-refractivity contribution is -0.233. The quantitative estimate of drug-likeness (QED) is 0.496. The second-order valence-corrected chi connectivity index (χ2v) is 12.9. The summed E-state index contributed by atoms with van der Waals surface area (Å²) in [5.41, 5.74) is 0.781. The lowest BCUT2D eigenvalue weighted by Crippen LogP contribution is -2.56. The van der Waals surface area contributed by atoms with Crippen LogP contribution in [0.4, 0.5) is 0 Å². The molecule has 4 rings (SSSR count). The molecule has 9 atom stereocenters. The maximum atomic E-state index is 10.3. The van der Waals surface area contributed by atoms with Crippen molar-refractivity contribution in [3.05, 3.63) is 0 Å². The zero-order valence-electron chi connectivity index (χ0n) is 20.2. The highest BCUT2D eigenvalue weighted by Crippen LogP contribution is 2.68. The third-order valence-corrected chi connectivity index (χ3v) is 11.2. The normalized spacial score (nSPS) is 47.3. The Hall–Kier alpha value is -0.120. The smallest absolute Gasteiger partial charge is 0.162 e. The van der Waals surface area contributed by atoms with Crippen molar-refractivity contribution in [2.45, 2.75) is 117 Å². The summed E-state index contributed by atoms with van der Waals surface area (Å²) in [6, 6.07) is 0. The lowest BCUT2D eigenvalue weighted by Gasteiger charge is -2.61. The maximum Gasteiger partial charge on any atom is 0.162 e. The van der Waals surface area contributed by atoms with Gasteiger partial charge in [0.1, 0.15) is 0 Å². The molecule has 0 amide bonds. The molecule has 174 valence electrons. The van der Waals surface area contributed by atoms with Crippen molar-refractivity contribution in [2.24, 2.45) is 52.3 Å². The van der Waals surface area contributed by atoms with Crippen LogP contribution in [0.2, 0.25) is 0 Å². The average Bonchev–Trinajstić information content (AvgIpc) is 3.03. The van der Waals surface area contributed by atoms with Gasteiger partial charge in [0.05, 0.1) is 6.10 Å². The van der Waals surface area contributed by atoms with Gasteiger partial charge in [-0.3, -0.25) is 0 Å². The monoisotopic (exact) mass is 420 g/mol. The fourth-order valence-electron chi connectivity index (χ4n) is 9.17. The topological polar surface area (TPSA) is 60.7 Å². The molecule has 3 N–H and O–H groups in total. The molecule has 0 aromatic carbocycles. The molecule has 0 heterocycles. The highest BCUT2D eigenvalue weighted by Gasteiger charge is 2.61. The van der Waals surface area contributed by atoms with Crippen LogP contribution in [0.25, 0.3) is 0 Å². The van der Waals surface area contributed by atoms with Crippen LogP contribution in [0.15, 0.2) is 0 Å². The van der Waals surface area contributed by atoms with Crippen molar-refractivity contribution >= 4 is 0 Å². The molecule has 0 saturated heterocycles. The first kappa shape index (κ1) is 23.1. The minimum atomic E-state index is -1.42. The first-order valence-corrected chi connectivity index (χ1v) is 13.1. The molecule has 0 bridgehead atoms. The Labute approximate surface area is 185 Å². The molecule has 0 aromatic rings. The van der Waals surface area contributed by atoms with Crippen LogP contribution in [0.5, 0.6) is 0 Å². The van der Waals surface area contributed by atoms with Gasteiger partial charge in [-0.1, -0.05) is 34.6 Å². The fraction of sp³-hybridized carbons (Fsp3) is 1.00. The third-order valence-electron chi connectivity index (χ3n) is 11.2. The summed E-state index contributed by atoms with van der Waals surface area (Å²) in [6.07, 6.45) is 12.0. The summed E-state index contributed by atoms with van der Waals surface area (Å²) in [5, 5.41) is 30.9. The Bertz CT molecular complexity index is 615. The SMILES string of the molecule is CC(C)[C@H](O)CC[C@@H](C)[C@H]1CC[C@H]2[C@@H]3CC[C@H]4CC(O)(O)CC[C@]4(C)[C@H]3CC[C@]12C. The van der Waals surface area contributed by atoms with Crippen molar-refractivity contribution in [1.82, 2.24) is 0 Å². The zero-order valence-corrected chi connectivity index (χ0v) is 20.2.